The second-order valence-electron chi connectivity index (χ2n) is 5.85. The highest BCUT2D eigenvalue weighted by Gasteiger charge is 2.11. The molecule has 1 atom stereocenters. The Hall–Kier alpha value is -2.33. The van der Waals surface area contributed by atoms with E-state index in [9.17, 15) is 4.79 Å². The Balaban J connectivity index is 1.80. The van der Waals surface area contributed by atoms with Crippen LogP contribution in [0.5, 0.6) is 5.75 Å². The molecule has 0 bridgehead atoms. The average molecular weight is 326 g/mol. The summed E-state index contributed by atoms with van der Waals surface area (Å²) >= 11 is 0. The monoisotopic (exact) mass is 326 g/mol. The summed E-state index contributed by atoms with van der Waals surface area (Å²) in [6, 6.07) is 17.2. The largest absolute Gasteiger partial charge is 0.494 e. The molecule has 4 nitrogen and oxygen atoms in total. The van der Waals surface area contributed by atoms with Crippen molar-refractivity contribution in [1.29, 1.82) is 0 Å². The van der Waals surface area contributed by atoms with Crippen LogP contribution < -0.4 is 15.8 Å². The predicted molar refractivity (Wildman–Crippen MR) is 96.7 cm³/mol. The molecule has 2 rings (SSSR count). The van der Waals surface area contributed by atoms with Crippen molar-refractivity contribution in [3.8, 4) is 5.75 Å². The molecule has 3 N–H and O–H groups in total. The lowest BCUT2D eigenvalue weighted by atomic mass is 10.0. The third-order valence-corrected chi connectivity index (χ3v) is 3.79. The zero-order valence-corrected chi connectivity index (χ0v) is 14.2. The maximum Gasteiger partial charge on any atom is 0.222 e. The summed E-state index contributed by atoms with van der Waals surface area (Å²) in [4.78, 5) is 12.1. The molecule has 0 spiro atoms. The van der Waals surface area contributed by atoms with Gasteiger partial charge in [0.2, 0.25) is 5.91 Å². The number of hydrogen-bond donors (Lipinski definition) is 2. The lowest BCUT2D eigenvalue weighted by molar-refractivity contribution is -0.121. The molecule has 0 aromatic heterocycles. The highest BCUT2D eigenvalue weighted by Crippen LogP contribution is 2.15. The van der Waals surface area contributed by atoms with Crippen molar-refractivity contribution < 1.29 is 9.53 Å². The first-order valence-electron chi connectivity index (χ1n) is 8.48. The van der Waals surface area contributed by atoms with Crippen molar-refractivity contribution in [2.45, 2.75) is 38.8 Å². The van der Waals surface area contributed by atoms with E-state index in [4.69, 9.17) is 10.5 Å². The van der Waals surface area contributed by atoms with Crippen molar-refractivity contribution in [1.82, 2.24) is 5.32 Å². The summed E-state index contributed by atoms with van der Waals surface area (Å²) in [6.07, 6.45) is 2.42. The smallest absolute Gasteiger partial charge is 0.222 e. The van der Waals surface area contributed by atoms with Gasteiger partial charge in [0.25, 0.3) is 0 Å². The number of amides is 1. The van der Waals surface area contributed by atoms with Gasteiger partial charge in [0.1, 0.15) is 5.75 Å². The second-order valence-corrected chi connectivity index (χ2v) is 5.85. The Morgan fingerprint density at radius 1 is 1.17 bits per heavy atom. The number of rotatable bonds is 9. The van der Waals surface area contributed by atoms with Gasteiger partial charge in [-0.15, -0.1) is 0 Å². The van der Waals surface area contributed by atoms with Crippen LogP contribution in [0.3, 0.4) is 0 Å². The lowest BCUT2D eigenvalue weighted by Gasteiger charge is -2.12. The molecule has 1 amide bonds. The Bertz CT molecular complexity index is 629. The first-order chi connectivity index (χ1) is 11.7. The molecule has 0 radical (unpaired) electrons. The van der Waals surface area contributed by atoms with E-state index in [0.717, 1.165) is 36.3 Å². The molecule has 0 aliphatic rings. The fourth-order valence-corrected chi connectivity index (χ4v) is 2.37. The van der Waals surface area contributed by atoms with Crippen LogP contribution >= 0.6 is 0 Å². The Labute approximate surface area is 144 Å². The van der Waals surface area contributed by atoms with Gasteiger partial charge < -0.3 is 15.8 Å². The molecule has 0 fully saturated rings. The normalized spacial score (nSPS) is 11.8. The van der Waals surface area contributed by atoms with Crippen molar-refractivity contribution in [3.63, 3.8) is 0 Å². The minimum absolute atomic E-state index is 0.0522. The second kappa shape index (κ2) is 9.73. The van der Waals surface area contributed by atoms with Gasteiger partial charge in [0, 0.05) is 19.0 Å². The molecular weight excluding hydrogens is 300 g/mol. The van der Waals surface area contributed by atoms with Gasteiger partial charge in [0.05, 0.1) is 6.61 Å². The predicted octanol–water partition coefficient (Wildman–Crippen LogP) is 3.57. The van der Waals surface area contributed by atoms with Crippen molar-refractivity contribution in [2.24, 2.45) is 5.73 Å². The molecule has 4 heteroatoms. The van der Waals surface area contributed by atoms with Gasteiger partial charge >= 0.3 is 0 Å². The van der Waals surface area contributed by atoms with Crippen LogP contribution in [-0.4, -0.2) is 12.5 Å². The average Bonchev–Trinajstić information content (AvgIpc) is 2.61. The van der Waals surface area contributed by atoms with E-state index in [0.29, 0.717) is 6.54 Å². The topological polar surface area (TPSA) is 64.3 Å². The number of benzene rings is 2. The third-order valence-electron chi connectivity index (χ3n) is 3.79. The fraction of sp³-hybridized carbons (Fsp3) is 0.350. The van der Waals surface area contributed by atoms with Crippen LogP contribution in [-0.2, 0) is 11.3 Å². The molecular formula is C20H26N2O2. The number of hydrogen-bond acceptors (Lipinski definition) is 3. The quantitative estimate of drug-likeness (QED) is 0.692. The number of carbonyl (C=O) groups excluding carboxylic acids is 1. The minimum atomic E-state index is -0.282. The summed E-state index contributed by atoms with van der Waals surface area (Å²) < 4.78 is 5.68. The van der Waals surface area contributed by atoms with Gasteiger partial charge in [-0.05, 0) is 29.7 Å². The number of ether oxygens (including phenoxy) is 1. The van der Waals surface area contributed by atoms with Crippen LogP contribution in [0.2, 0.25) is 0 Å². The molecule has 0 saturated heterocycles. The SMILES string of the molecule is CCCCOc1cccc(CNC(=O)CC(N)c2ccccc2)c1. The summed E-state index contributed by atoms with van der Waals surface area (Å²) in [5, 5.41) is 2.92. The van der Waals surface area contributed by atoms with Gasteiger partial charge in [-0.1, -0.05) is 55.8 Å². The maximum absolute atomic E-state index is 12.1. The van der Waals surface area contributed by atoms with E-state index in [-0.39, 0.29) is 18.4 Å². The first kappa shape index (κ1) is 18.0. The summed E-state index contributed by atoms with van der Waals surface area (Å²) in [6.45, 7) is 3.33. The van der Waals surface area contributed by atoms with E-state index in [1.165, 1.54) is 0 Å². The molecule has 1 unspecified atom stereocenters. The molecule has 0 saturated carbocycles. The van der Waals surface area contributed by atoms with Crippen LogP contribution in [0.15, 0.2) is 54.6 Å². The van der Waals surface area contributed by atoms with Gasteiger partial charge in [-0.25, -0.2) is 0 Å². The summed E-state index contributed by atoms with van der Waals surface area (Å²) in [7, 11) is 0. The number of nitrogens with two attached hydrogens (primary N) is 1. The third kappa shape index (κ3) is 6.05. The van der Waals surface area contributed by atoms with Crippen LogP contribution in [0.25, 0.3) is 0 Å². The molecule has 2 aromatic carbocycles. The molecule has 0 heterocycles. The van der Waals surface area contributed by atoms with E-state index in [1.807, 2.05) is 54.6 Å². The highest BCUT2D eigenvalue weighted by atomic mass is 16.5. The summed E-state index contributed by atoms with van der Waals surface area (Å²) in [5.41, 5.74) is 8.07. The fourth-order valence-electron chi connectivity index (χ4n) is 2.37. The van der Waals surface area contributed by atoms with E-state index >= 15 is 0 Å². The van der Waals surface area contributed by atoms with Gasteiger partial charge in [-0.3, -0.25) is 4.79 Å². The van der Waals surface area contributed by atoms with Crippen molar-refractivity contribution in [2.75, 3.05) is 6.61 Å². The lowest BCUT2D eigenvalue weighted by Crippen LogP contribution is -2.27. The zero-order valence-electron chi connectivity index (χ0n) is 14.2. The van der Waals surface area contributed by atoms with Crippen molar-refractivity contribution >= 4 is 5.91 Å². The first-order valence-corrected chi connectivity index (χ1v) is 8.48. The molecule has 24 heavy (non-hydrogen) atoms. The minimum Gasteiger partial charge on any atom is -0.494 e. The number of nitrogens with one attached hydrogen (secondary N) is 1. The summed E-state index contributed by atoms with van der Waals surface area (Å²) in [5.74, 6) is 0.792. The Morgan fingerprint density at radius 3 is 2.71 bits per heavy atom. The maximum atomic E-state index is 12.1. The molecule has 2 aromatic rings. The van der Waals surface area contributed by atoms with Gasteiger partial charge in [0.15, 0.2) is 0 Å². The Morgan fingerprint density at radius 2 is 1.96 bits per heavy atom. The van der Waals surface area contributed by atoms with Crippen LogP contribution in [0.1, 0.15) is 43.4 Å². The number of unbranched alkanes of at least 4 members (excludes halogenated alkanes) is 1. The number of carbonyl (C=O) groups is 1. The van der Waals surface area contributed by atoms with Crippen molar-refractivity contribution in [3.05, 3.63) is 65.7 Å². The zero-order chi connectivity index (χ0) is 17.2. The Kier molecular flexibility index (Phi) is 7.30. The highest BCUT2D eigenvalue weighted by molar-refractivity contribution is 5.76. The molecule has 128 valence electrons. The van der Waals surface area contributed by atoms with Crippen LogP contribution in [0, 0.1) is 0 Å². The van der Waals surface area contributed by atoms with Gasteiger partial charge in [-0.2, -0.15) is 0 Å². The molecule has 0 aliphatic heterocycles. The van der Waals surface area contributed by atoms with Crippen LogP contribution in [0.4, 0.5) is 0 Å². The molecule has 0 aliphatic carbocycles. The standard InChI is InChI=1S/C20H26N2O2/c1-2-3-12-24-18-11-7-8-16(13-18)15-22-20(23)14-19(21)17-9-5-4-6-10-17/h4-11,13,19H,2-3,12,14-15,21H2,1H3,(H,22,23). The van der Waals surface area contributed by atoms with E-state index < -0.39 is 0 Å². The van der Waals surface area contributed by atoms with E-state index in [1.54, 1.807) is 0 Å². The van der Waals surface area contributed by atoms with E-state index in [2.05, 4.69) is 12.2 Å².